The summed E-state index contributed by atoms with van der Waals surface area (Å²) in [5.74, 6) is -0.352. The van der Waals surface area contributed by atoms with Crippen molar-refractivity contribution in [1.29, 1.82) is 0 Å². The molecule has 1 aromatic heterocycles. The predicted molar refractivity (Wildman–Crippen MR) is 69.0 cm³/mol. The third kappa shape index (κ3) is 2.07. The molecule has 2 rings (SSSR count). The number of aromatic carboxylic acids is 1. The number of benzene rings is 1. The smallest absolute Gasteiger partial charge is 0.337 e. The zero-order valence-corrected chi connectivity index (χ0v) is 10.7. The van der Waals surface area contributed by atoms with Gasteiger partial charge in [0.05, 0.1) is 17.7 Å². The third-order valence-electron chi connectivity index (χ3n) is 2.79. The topological polar surface area (TPSA) is 51.5 Å². The Hall–Kier alpha value is -1.94. The molecule has 0 saturated carbocycles. The van der Waals surface area contributed by atoms with Gasteiger partial charge in [-0.2, -0.15) is 0 Å². The van der Waals surface area contributed by atoms with Gasteiger partial charge in [-0.3, -0.25) is 0 Å². The van der Waals surface area contributed by atoms with Crippen LogP contribution in [0.15, 0.2) is 30.5 Å². The second-order valence-electron chi connectivity index (χ2n) is 3.81. The lowest BCUT2D eigenvalue weighted by molar-refractivity contribution is 0.0696. The van der Waals surface area contributed by atoms with E-state index in [1.165, 1.54) is 0 Å². The van der Waals surface area contributed by atoms with Gasteiger partial charge in [0.15, 0.2) is 0 Å². The number of nitrogens with zero attached hydrogens (tertiary/aromatic N) is 1. The van der Waals surface area contributed by atoms with Crippen molar-refractivity contribution >= 4 is 17.6 Å². The van der Waals surface area contributed by atoms with E-state index < -0.39 is 5.97 Å². The van der Waals surface area contributed by atoms with Gasteiger partial charge in [-0.1, -0.05) is 11.6 Å². The maximum Gasteiger partial charge on any atom is 0.337 e. The molecular weight excluding hydrogens is 254 g/mol. The molecule has 1 aromatic carbocycles. The van der Waals surface area contributed by atoms with Crippen LogP contribution in [0.4, 0.5) is 0 Å². The lowest BCUT2D eigenvalue weighted by Crippen LogP contribution is -2.01. The first-order valence-corrected chi connectivity index (χ1v) is 5.67. The Morgan fingerprint density at radius 2 is 2.11 bits per heavy atom. The average Bonchev–Trinajstić information content (AvgIpc) is 2.71. The predicted octanol–water partition coefficient (Wildman–Crippen LogP) is 3.15. The van der Waals surface area contributed by atoms with Crippen LogP contribution < -0.4 is 4.74 Å². The van der Waals surface area contributed by atoms with Crippen LogP contribution in [0.3, 0.4) is 0 Å². The lowest BCUT2D eigenvalue weighted by atomic mass is 10.2. The van der Waals surface area contributed by atoms with Crippen LogP contribution >= 0.6 is 11.6 Å². The second kappa shape index (κ2) is 4.74. The van der Waals surface area contributed by atoms with Crippen molar-refractivity contribution in [2.75, 3.05) is 7.11 Å². The van der Waals surface area contributed by atoms with E-state index in [1.54, 1.807) is 43.0 Å². The fourth-order valence-electron chi connectivity index (χ4n) is 1.82. The molecule has 0 aliphatic rings. The molecule has 0 aliphatic carbocycles. The third-order valence-corrected chi connectivity index (χ3v) is 3.08. The molecule has 5 heteroatoms. The summed E-state index contributed by atoms with van der Waals surface area (Å²) in [5.41, 5.74) is 1.73. The number of aromatic nitrogens is 1. The molecule has 4 nitrogen and oxygen atoms in total. The molecule has 0 atom stereocenters. The highest BCUT2D eigenvalue weighted by molar-refractivity contribution is 6.32. The number of ether oxygens (including phenoxy) is 1. The van der Waals surface area contributed by atoms with Gasteiger partial charge in [-0.15, -0.1) is 0 Å². The van der Waals surface area contributed by atoms with E-state index in [0.717, 1.165) is 5.69 Å². The minimum Gasteiger partial charge on any atom is -0.495 e. The highest BCUT2D eigenvalue weighted by atomic mass is 35.5. The normalized spacial score (nSPS) is 10.4. The number of halogens is 1. The number of carbonyl (C=O) groups is 1. The Labute approximate surface area is 109 Å². The standard InChI is InChI=1S/C13H12ClNO3/c1-8-10(13(16)17)5-6-15(8)9-3-4-12(18-2)11(14)7-9/h3-7H,1-2H3,(H,16,17). The molecule has 94 valence electrons. The summed E-state index contributed by atoms with van der Waals surface area (Å²) in [6, 6.07) is 6.87. The van der Waals surface area contributed by atoms with E-state index in [9.17, 15) is 4.79 Å². The number of carboxylic acids is 1. The summed E-state index contributed by atoms with van der Waals surface area (Å²) >= 11 is 6.05. The van der Waals surface area contributed by atoms with E-state index in [0.29, 0.717) is 16.5 Å². The maximum absolute atomic E-state index is 11.0. The Bertz CT molecular complexity index is 604. The largest absolute Gasteiger partial charge is 0.495 e. The number of hydrogen-bond donors (Lipinski definition) is 1. The molecule has 0 bridgehead atoms. The van der Waals surface area contributed by atoms with Crippen molar-refractivity contribution in [3.05, 3.63) is 46.7 Å². The van der Waals surface area contributed by atoms with Crippen molar-refractivity contribution in [2.45, 2.75) is 6.92 Å². The average molecular weight is 266 g/mol. The van der Waals surface area contributed by atoms with E-state index in [2.05, 4.69) is 0 Å². The van der Waals surface area contributed by atoms with Gasteiger partial charge in [0.2, 0.25) is 0 Å². The highest BCUT2D eigenvalue weighted by Crippen LogP contribution is 2.27. The van der Waals surface area contributed by atoms with Crippen LogP contribution in [0, 0.1) is 6.92 Å². The summed E-state index contributed by atoms with van der Waals surface area (Å²) in [6.07, 6.45) is 1.71. The molecule has 0 unspecified atom stereocenters. The van der Waals surface area contributed by atoms with Gasteiger partial charge in [0, 0.05) is 17.6 Å². The monoisotopic (exact) mass is 265 g/mol. The Morgan fingerprint density at radius 3 is 2.61 bits per heavy atom. The van der Waals surface area contributed by atoms with Gasteiger partial charge in [-0.25, -0.2) is 4.79 Å². The summed E-state index contributed by atoms with van der Waals surface area (Å²) in [5, 5.41) is 9.49. The summed E-state index contributed by atoms with van der Waals surface area (Å²) < 4.78 is 6.85. The van der Waals surface area contributed by atoms with Gasteiger partial charge in [0.1, 0.15) is 5.75 Å². The first kappa shape index (κ1) is 12.5. The quantitative estimate of drug-likeness (QED) is 0.927. The molecule has 0 amide bonds. The highest BCUT2D eigenvalue weighted by Gasteiger charge is 2.12. The van der Waals surface area contributed by atoms with Crippen molar-refractivity contribution in [3.63, 3.8) is 0 Å². The number of carboxylic acid groups (broad SMARTS) is 1. The van der Waals surface area contributed by atoms with Gasteiger partial charge >= 0.3 is 5.97 Å². The molecule has 0 saturated heterocycles. The molecule has 1 heterocycles. The van der Waals surface area contributed by atoms with Gasteiger partial charge in [0.25, 0.3) is 0 Å². The molecule has 0 spiro atoms. The molecule has 0 fully saturated rings. The zero-order chi connectivity index (χ0) is 13.3. The van der Waals surface area contributed by atoms with Crippen molar-refractivity contribution in [2.24, 2.45) is 0 Å². The van der Waals surface area contributed by atoms with Gasteiger partial charge < -0.3 is 14.4 Å². The minimum absolute atomic E-state index is 0.280. The number of hydrogen-bond acceptors (Lipinski definition) is 2. The molecule has 18 heavy (non-hydrogen) atoms. The second-order valence-corrected chi connectivity index (χ2v) is 4.22. The molecule has 1 N–H and O–H groups in total. The molecule has 0 aliphatic heterocycles. The van der Waals surface area contributed by atoms with E-state index >= 15 is 0 Å². The Balaban J connectivity index is 2.49. The summed E-state index contributed by atoms with van der Waals surface area (Å²) in [4.78, 5) is 11.0. The lowest BCUT2D eigenvalue weighted by Gasteiger charge is -2.09. The minimum atomic E-state index is -0.939. The molecule has 2 aromatic rings. The maximum atomic E-state index is 11.0. The van der Waals surface area contributed by atoms with Crippen LogP contribution in [0.25, 0.3) is 5.69 Å². The Kier molecular flexibility index (Phi) is 3.30. The van der Waals surface area contributed by atoms with E-state index in [1.807, 2.05) is 6.07 Å². The van der Waals surface area contributed by atoms with E-state index in [4.69, 9.17) is 21.4 Å². The van der Waals surface area contributed by atoms with Crippen LogP contribution in [0.5, 0.6) is 5.75 Å². The molecule has 0 radical (unpaired) electrons. The van der Waals surface area contributed by atoms with Crippen molar-refractivity contribution < 1.29 is 14.6 Å². The number of rotatable bonds is 3. The van der Waals surface area contributed by atoms with Crippen LogP contribution in [-0.4, -0.2) is 22.8 Å². The molecular formula is C13H12ClNO3. The fraction of sp³-hybridized carbons (Fsp3) is 0.154. The Morgan fingerprint density at radius 1 is 1.39 bits per heavy atom. The number of methoxy groups -OCH3 is 1. The summed E-state index contributed by atoms with van der Waals surface area (Å²) in [7, 11) is 1.55. The first-order chi connectivity index (χ1) is 8.54. The van der Waals surface area contributed by atoms with Crippen molar-refractivity contribution in [1.82, 2.24) is 4.57 Å². The van der Waals surface area contributed by atoms with Crippen LogP contribution in [-0.2, 0) is 0 Å². The van der Waals surface area contributed by atoms with E-state index in [-0.39, 0.29) is 5.56 Å². The van der Waals surface area contributed by atoms with Gasteiger partial charge in [-0.05, 0) is 31.2 Å². The van der Waals surface area contributed by atoms with Crippen LogP contribution in [0.1, 0.15) is 16.1 Å². The zero-order valence-electron chi connectivity index (χ0n) is 9.98. The van der Waals surface area contributed by atoms with Crippen molar-refractivity contribution in [3.8, 4) is 11.4 Å². The van der Waals surface area contributed by atoms with Crippen LogP contribution in [0.2, 0.25) is 5.02 Å². The fourth-order valence-corrected chi connectivity index (χ4v) is 2.07. The summed E-state index contributed by atoms with van der Waals surface area (Å²) in [6.45, 7) is 1.75. The first-order valence-electron chi connectivity index (χ1n) is 5.29. The SMILES string of the molecule is COc1ccc(-n2ccc(C(=O)O)c2C)cc1Cl.